The fourth-order valence-corrected chi connectivity index (χ4v) is 6.83. The molecular weight excluding hydrogens is 486 g/mol. The van der Waals surface area contributed by atoms with E-state index in [0.717, 1.165) is 48.9 Å². The van der Waals surface area contributed by atoms with Crippen molar-refractivity contribution < 1.29 is 19.7 Å². The van der Waals surface area contributed by atoms with Gasteiger partial charge in [0.25, 0.3) is 5.91 Å². The van der Waals surface area contributed by atoms with E-state index in [1.165, 1.54) is 24.0 Å². The van der Waals surface area contributed by atoms with Gasteiger partial charge in [0.05, 0.1) is 18.8 Å². The van der Waals surface area contributed by atoms with Crippen molar-refractivity contribution in [3.63, 3.8) is 0 Å². The molecule has 5 heteroatoms. The van der Waals surface area contributed by atoms with E-state index in [2.05, 4.69) is 54.6 Å². The second kappa shape index (κ2) is 13.1. The summed E-state index contributed by atoms with van der Waals surface area (Å²) in [7, 11) is 0. The van der Waals surface area contributed by atoms with Gasteiger partial charge in [-0.15, -0.1) is 0 Å². The van der Waals surface area contributed by atoms with Gasteiger partial charge >= 0.3 is 0 Å². The van der Waals surface area contributed by atoms with E-state index in [9.17, 15) is 15.0 Å². The maximum Gasteiger partial charge on any atom is 0.253 e. The number of carbonyl (C=O) groups is 1. The molecule has 0 spiro atoms. The molecule has 2 aromatic rings. The smallest absolute Gasteiger partial charge is 0.253 e. The Morgan fingerprint density at radius 2 is 1.92 bits per heavy atom. The molecule has 3 aliphatic rings. The number of carbonyl (C=O) groups excluding carboxylic acids is 1. The number of allylic oxidation sites excluding steroid dienone is 3. The van der Waals surface area contributed by atoms with E-state index >= 15 is 0 Å². The molecule has 5 nitrogen and oxygen atoms in total. The Kier molecular flexibility index (Phi) is 9.33. The van der Waals surface area contributed by atoms with Gasteiger partial charge in [0.1, 0.15) is 6.61 Å². The molecule has 39 heavy (non-hydrogen) atoms. The molecule has 0 aliphatic heterocycles. The van der Waals surface area contributed by atoms with Crippen LogP contribution in [0, 0.1) is 17.8 Å². The van der Waals surface area contributed by atoms with Crippen molar-refractivity contribution >= 4 is 23.2 Å². The standard InChI is InChI=1S/C34H43NO4/c1-2-7-24-12-14-25(15-13-24)22-35(30-11-6-10-28(20-30)27-8-4-3-5-9-27)33(37)23-39-17-16-26-18-29-21-32(36)34(38)31(29)19-26/h2,6-8,10-15,20,26,29,31-32,34,36,38H,3-5,9,16-19,21-23H2,1H3/t26?,29-,31+,32+,34+/m0/s1. The van der Waals surface area contributed by atoms with Gasteiger partial charge < -0.3 is 19.8 Å². The first-order valence-electron chi connectivity index (χ1n) is 14.8. The zero-order valence-electron chi connectivity index (χ0n) is 23.2. The van der Waals surface area contributed by atoms with Crippen LogP contribution < -0.4 is 4.90 Å². The molecule has 2 aromatic carbocycles. The summed E-state index contributed by atoms with van der Waals surface area (Å²) >= 11 is 0. The number of amides is 1. The highest BCUT2D eigenvalue weighted by Gasteiger charge is 2.46. The lowest BCUT2D eigenvalue weighted by molar-refractivity contribution is -0.123. The first-order valence-corrected chi connectivity index (χ1v) is 14.8. The van der Waals surface area contributed by atoms with E-state index < -0.39 is 12.2 Å². The van der Waals surface area contributed by atoms with Crippen molar-refractivity contribution in [3.8, 4) is 0 Å². The summed E-state index contributed by atoms with van der Waals surface area (Å²) in [5.41, 5.74) is 5.71. The van der Waals surface area contributed by atoms with Gasteiger partial charge in [-0.1, -0.05) is 54.6 Å². The Balaban J connectivity index is 1.23. The number of benzene rings is 2. The highest BCUT2D eigenvalue weighted by Crippen LogP contribution is 2.48. The van der Waals surface area contributed by atoms with E-state index in [4.69, 9.17) is 4.74 Å². The Hall–Kier alpha value is -2.73. The van der Waals surface area contributed by atoms with E-state index in [-0.39, 0.29) is 18.4 Å². The van der Waals surface area contributed by atoms with Gasteiger partial charge in [-0.05, 0) is 110 Å². The van der Waals surface area contributed by atoms with Crippen LogP contribution in [0.1, 0.15) is 75.0 Å². The molecule has 0 saturated heterocycles. The van der Waals surface area contributed by atoms with Crippen LogP contribution in [0.3, 0.4) is 0 Å². The Morgan fingerprint density at radius 3 is 2.67 bits per heavy atom. The maximum absolute atomic E-state index is 13.6. The molecule has 2 fully saturated rings. The predicted molar refractivity (Wildman–Crippen MR) is 157 cm³/mol. The first kappa shape index (κ1) is 27.8. The summed E-state index contributed by atoms with van der Waals surface area (Å²) in [6.07, 6.45) is 13.5. The molecular formula is C34H43NO4. The summed E-state index contributed by atoms with van der Waals surface area (Å²) in [5.74, 6) is 1.09. The van der Waals surface area contributed by atoms with Gasteiger partial charge in [0.2, 0.25) is 0 Å². The van der Waals surface area contributed by atoms with Crippen molar-refractivity contribution in [3.05, 3.63) is 77.4 Å². The molecule has 0 radical (unpaired) electrons. The molecule has 2 N–H and O–H groups in total. The molecule has 5 atom stereocenters. The minimum Gasteiger partial charge on any atom is -0.390 e. The monoisotopic (exact) mass is 529 g/mol. The van der Waals surface area contributed by atoms with Crippen molar-refractivity contribution in [1.29, 1.82) is 0 Å². The topological polar surface area (TPSA) is 70.0 Å². The van der Waals surface area contributed by atoms with Crippen molar-refractivity contribution in [2.24, 2.45) is 17.8 Å². The third kappa shape index (κ3) is 6.89. The van der Waals surface area contributed by atoms with Crippen molar-refractivity contribution in [2.45, 2.75) is 77.0 Å². The number of fused-ring (bicyclic) bond motifs is 1. The van der Waals surface area contributed by atoms with Gasteiger partial charge in [-0.2, -0.15) is 0 Å². The van der Waals surface area contributed by atoms with Gasteiger partial charge in [-0.3, -0.25) is 4.79 Å². The Labute approximate surface area is 233 Å². The van der Waals surface area contributed by atoms with E-state index in [0.29, 0.717) is 31.4 Å². The van der Waals surface area contributed by atoms with E-state index in [1.54, 1.807) is 0 Å². The predicted octanol–water partition coefficient (Wildman–Crippen LogP) is 6.38. The lowest BCUT2D eigenvalue weighted by atomic mass is 9.93. The summed E-state index contributed by atoms with van der Waals surface area (Å²) < 4.78 is 5.94. The van der Waals surface area contributed by atoms with Crippen LogP contribution in [0.2, 0.25) is 0 Å². The average molecular weight is 530 g/mol. The van der Waals surface area contributed by atoms with Crippen LogP contribution >= 0.6 is 0 Å². The number of nitrogens with zero attached hydrogens (tertiary/aromatic N) is 1. The van der Waals surface area contributed by atoms with Gasteiger partial charge in [-0.25, -0.2) is 0 Å². The molecule has 0 aromatic heterocycles. The minimum absolute atomic E-state index is 0.0378. The van der Waals surface area contributed by atoms with Crippen molar-refractivity contribution in [2.75, 3.05) is 18.1 Å². The minimum atomic E-state index is -0.580. The summed E-state index contributed by atoms with van der Waals surface area (Å²) in [4.78, 5) is 15.4. The second-order valence-corrected chi connectivity index (χ2v) is 11.6. The molecule has 5 rings (SSSR count). The summed E-state index contributed by atoms with van der Waals surface area (Å²) in [6, 6.07) is 16.7. The van der Waals surface area contributed by atoms with Crippen molar-refractivity contribution in [1.82, 2.24) is 0 Å². The Morgan fingerprint density at radius 1 is 1.08 bits per heavy atom. The lowest BCUT2D eigenvalue weighted by Crippen LogP contribution is -2.34. The number of aliphatic hydroxyl groups is 2. The number of ether oxygens (including phenoxy) is 1. The normalized spacial score (nSPS) is 26.5. The number of hydrogen-bond donors (Lipinski definition) is 2. The maximum atomic E-state index is 13.6. The van der Waals surface area contributed by atoms with Crippen LogP contribution in [0.4, 0.5) is 5.69 Å². The SMILES string of the molecule is CC=Cc1ccc(CN(C(=O)COCCC2C[C@H]3C[C@@H](O)[C@H](O)[C@@H]3C2)c2cccc(C3=CCCCC3)c2)cc1. The highest BCUT2D eigenvalue weighted by molar-refractivity contribution is 5.94. The summed E-state index contributed by atoms with van der Waals surface area (Å²) in [5, 5.41) is 20.1. The molecule has 1 unspecified atom stereocenters. The van der Waals surface area contributed by atoms with Crippen LogP contribution in [-0.2, 0) is 16.1 Å². The Bertz CT molecular complexity index is 1170. The third-order valence-corrected chi connectivity index (χ3v) is 8.92. The number of aliphatic hydroxyl groups excluding tert-OH is 2. The van der Waals surface area contributed by atoms with E-state index in [1.807, 2.05) is 24.0 Å². The largest absolute Gasteiger partial charge is 0.390 e. The molecule has 208 valence electrons. The lowest BCUT2D eigenvalue weighted by Gasteiger charge is -2.25. The third-order valence-electron chi connectivity index (χ3n) is 8.92. The highest BCUT2D eigenvalue weighted by atomic mass is 16.5. The second-order valence-electron chi connectivity index (χ2n) is 11.6. The van der Waals surface area contributed by atoms with Gasteiger partial charge in [0, 0.05) is 12.3 Å². The molecule has 0 heterocycles. The van der Waals surface area contributed by atoms with Crippen LogP contribution in [-0.4, -0.2) is 41.5 Å². The fourth-order valence-electron chi connectivity index (χ4n) is 6.83. The quantitative estimate of drug-likeness (QED) is 0.350. The average Bonchev–Trinajstić information content (AvgIpc) is 3.48. The van der Waals surface area contributed by atoms with Gasteiger partial charge in [0.15, 0.2) is 0 Å². The number of anilines is 1. The van der Waals surface area contributed by atoms with Crippen LogP contribution in [0.25, 0.3) is 11.6 Å². The number of hydrogen-bond acceptors (Lipinski definition) is 4. The fraction of sp³-hybridized carbons (Fsp3) is 0.500. The zero-order chi connectivity index (χ0) is 27.2. The molecule has 0 bridgehead atoms. The number of rotatable bonds is 10. The summed E-state index contributed by atoms with van der Waals surface area (Å²) in [6.45, 7) is 3.08. The molecule has 3 aliphatic carbocycles. The molecule has 1 amide bonds. The molecule has 2 saturated carbocycles. The zero-order valence-corrected chi connectivity index (χ0v) is 23.2. The van der Waals surface area contributed by atoms with Crippen LogP contribution in [0.15, 0.2) is 60.7 Å². The first-order chi connectivity index (χ1) is 19.0. The van der Waals surface area contributed by atoms with Crippen LogP contribution in [0.5, 0.6) is 0 Å².